The van der Waals surface area contributed by atoms with Gasteiger partial charge in [0.2, 0.25) is 0 Å². The van der Waals surface area contributed by atoms with Gasteiger partial charge in [-0.05, 0) is 42.9 Å². The molecule has 2 aromatic rings. The Labute approximate surface area is 112 Å². The van der Waals surface area contributed by atoms with Crippen LogP contribution in [-0.2, 0) is 0 Å². The van der Waals surface area contributed by atoms with Crippen LogP contribution in [0.5, 0.6) is 0 Å². The van der Waals surface area contributed by atoms with Crippen molar-refractivity contribution in [1.82, 2.24) is 15.3 Å². The summed E-state index contributed by atoms with van der Waals surface area (Å²) in [4.78, 5) is 19.5. The molecule has 0 aliphatic heterocycles. The Balaban J connectivity index is 1.76. The average molecular weight is 257 g/mol. The van der Waals surface area contributed by atoms with Gasteiger partial charge in [0.15, 0.2) is 0 Å². The summed E-state index contributed by atoms with van der Waals surface area (Å²) in [5.74, 6) is 1.27. The van der Waals surface area contributed by atoms with E-state index in [2.05, 4.69) is 29.1 Å². The van der Waals surface area contributed by atoms with E-state index in [1.807, 2.05) is 18.2 Å². The average Bonchev–Trinajstić information content (AvgIpc) is 2.99. The fourth-order valence-electron chi connectivity index (χ4n) is 2.90. The number of nitrogens with one attached hydrogen (secondary N) is 2. The standard InChI is InChI=1S/C15H19N3O/c1-9-3-5-12(10(9)2)18-15(19)11-4-6-13-14(7-11)17-8-16-13/h4,6-10,12H,3,5H2,1-2H3,(H,16,17)(H,18,19). The molecule has 3 rings (SSSR count). The van der Waals surface area contributed by atoms with Crippen LogP contribution in [0.4, 0.5) is 0 Å². The van der Waals surface area contributed by atoms with Gasteiger partial charge in [0.05, 0.1) is 17.4 Å². The minimum atomic E-state index is 0.0162. The van der Waals surface area contributed by atoms with Crippen LogP contribution < -0.4 is 5.32 Å². The fourth-order valence-corrected chi connectivity index (χ4v) is 2.90. The maximum absolute atomic E-state index is 12.3. The molecule has 4 heteroatoms. The number of hydrogen-bond donors (Lipinski definition) is 2. The number of aromatic amines is 1. The number of carbonyl (C=O) groups excluding carboxylic acids is 1. The lowest BCUT2D eigenvalue weighted by Gasteiger charge is -2.19. The minimum Gasteiger partial charge on any atom is -0.349 e. The van der Waals surface area contributed by atoms with Gasteiger partial charge in [-0.15, -0.1) is 0 Å². The van der Waals surface area contributed by atoms with E-state index < -0.39 is 0 Å². The van der Waals surface area contributed by atoms with E-state index in [9.17, 15) is 4.79 Å². The highest BCUT2D eigenvalue weighted by atomic mass is 16.1. The number of rotatable bonds is 2. The molecule has 1 aromatic heterocycles. The molecule has 1 aliphatic carbocycles. The Kier molecular flexibility index (Phi) is 3.01. The molecule has 3 atom stereocenters. The maximum atomic E-state index is 12.3. The molecule has 1 amide bonds. The monoisotopic (exact) mass is 257 g/mol. The Morgan fingerprint density at radius 3 is 2.95 bits per heavy atom. The number of nitrogens with zero attached hydrogens (tertiary/aromatic N) is 1. The third-order valence-electron chi connectivity index (χ3n) is 4.46. The van der Waals surface area contributed by atoms with Crippen LogP contribution in [0, 0.1) is 11.8 Å². The molecule has 1 aromatic carbocycles. The molecule has 19 heavy (non-hydrogen) atoms. The van der Waals surface area contributed by atoms with Crippen molar-refractivity contribution in [2.45, 2.75) is 32.7 Å². The second-order valence-electron chi connectivity index (χ2n) is 5.63. The molecule has 1 saturated carbocycles. The van der Waals surface area contributed by atoms with Gasteiger partial charge in [0.1, 0.15) is 0 Å². The zero-order chi connectivity index (χ0) is 13.4. The summed E-state index contributed by atoms with van der Waals surface area (Å²) in [5.41, 5.74) is 2.49. The lowest BCUT2D eigenvalue weighted by Crippen LogP contribution is -2.37. The number of carbonyl (C=O) groups is 1. The molecule has 1 aliphatic rings. The summed E-state index contributed by atoms with van der Waals surface area (Å²) in [5, 5.41) is 3.16. The van der Waals surface area contributed by atoms with E-state index in [0.29, 0.717) is 23.4 Å². The first-order valence-corrected chi connectivity index (χ1v) is 6.89. The number of fused-ring (bicyclic) bond motifs is 1. The SMILES string of the molecule is CC1CCC(NC(=O)c2ccc3nc[nH]c3c2)C1C. The highest BCUT2D eigenvalue weighted by Gasteiger charge is 2.30. The van der Waals surface area contributed by atoms with Gasteiger partial charge in [-0.1, -0.05) is 13.8 Å². The predicted molar refractivity (Wildman–Crippen MR) is 74.9 cm³/mol. The van der Waals surface area contributed by atoms with Crippen LogP contribution in [0.3, 0.4) is 0 Å². The number of imidazole rings is 1. The third-order valence-corrected chi connectivity index (χ3v) is 4.46. The zero-order valence-corrected chi connectivity index (χ0v) is 11.3. The molecule has 0 saturated heterocycles. The minimum absolute atomic E-state index is 0.0162. The van der Waals surface area contributed by atoms with E-state index in [1.165, 1.54) is 6.42 Å². The van der Waals surface area contributed by atoms with Crippen molar-refractivity contribution < 1.29 is 4.79 Å². The summed E-state index contributed by atoms with van der Waals surface area (Å²) < 4.78 is 0. The maximum Gasteiger partial charge on any atom is 0.251 e. The zero-order valence-electron chi connectivity index (χ0n) is 11.3. The fraction of sp³-hybridized carbons (Fsp3) is 0.467. The molecule has 3 unspecified atom stereocenters. The van der Waals surface area contributed by atoms with Crippen molar-refractivity contribution in [2.75, 3.05) is 0 Å². The highest BCUT2D eigenvalue weighted by molar-refractivity contribution is 5.97. The van der Waals surface area contributed by atoms with E-state index in [-0.39, 0.29) is 5.91 Å². The quantitative estimate of drug-likeness (QED) is 0.869. The smallest absolute Gasteiger partial charge is 0.251 e. The second-order valence-corrected chi connectivity index (χ2v) is 5.63. The molecule has 1 fully saturated rings. The van der Waals surface area contributed by atoms with Crippen LogP contribution in [-0.4, -0.2) is 21.9 Å². The van der Waals surface area contributed by atoms with E-state index in [0.717, 1.165) is 17.5 Å². The van der Waals surface area contributed by atoms with Gasteiger partial charge in [0.25, 0.3) is 5.91 Å². The molecule has 0 radical (unpaired) electrons. The predicted octanol–water partition coefficient (Wildman–Crippen LogP) is 2.73. The normalized spacial score (nSPS) is 26.7. The summed E-state index contributed by atoms with van der Waals surface area (Å²) in [6.45, 7) is 4.48. The van der Waals surface area contributed by atoms with Gasteiger partial charge in [-0.25, -0.2) is 4.98 Å². The number of aromatic nitrogens is 2. The molecule has 0 spiro atoms. The topological polar surface area (TPSA) is 57.8 Å². The van der Waals surface area contributed by atoms with E-state index >= 15 is 0 Å². The summed E-state index contributed by atoms with van der Waals surface area (Å²) in [6.07, 6.45) is 3.93. The van der Waals surface area contributed by atoms with Gasteiger partial charge >= 0.3 is 0 Å². The van der Waals surface area contributed by atoms with Crippen molar-refractivity contribution in [1.29, 1.82) is 0 Å². The number of benzene rings is 1. The van der Waals surface area contributed by atoms with Crippen molar-refractivity contribution in [2.24, 2.45) is 11.8 Å². The molecule has 1 heterocycles. The van der Waals surface area contributed by atoms with Crippen LogP contribution in [0.25, 0.3) is 11.0 Å². The molecular weight excluding hydrogens is 238 g/mol. The van der Waals surface area contributed by atoms with Crippen molar-refractivity contribution in [3.63, 3.8) is 0 Å². The van der Waals surface area contributed by atoms with Gasteiger partial charge < -0.3 is 10.3 Å². The van der Waals surface area contributed by atoms with Crippen molar-refractivity contribution in [3.8, 4) is 0 Å². The van der Waals surface area contributed by atoms with Crippen LogP contribution in [0.15, 0.2) is 24.5 Å². The van der Waals surface area contributed by atoms with E-state index in [1.54, 1.807) is 6.33 Å². The molecular formula is C15H19N3O. The molecule has 100 valence electrons. The van der Waals surface area contributed by atoms with Crippen molar-refractivity contribution >= 4 is 16.9 Å². The number of hydrogen-bond acceptors (Lipinski definition) is 2. The molecule has 0 bridgehead atoms. The van der Waals surface area contributed by atoms with Gasteiger partial charge in [0, 0.05) is 11.6 Å². The first-order valence-electron chi connectivity index (χ1n) is 6.89. The van der Waals surface area contributed by atoms with Crippen LogP contribution >= 0.6 is 0 Å². The summed E-state index contributed by atoms with van der Waals surface area (Å²) in [6, 6.07) is 5.88. The number of H-pyrrole nitrogens is 1. The van der Waals surface area contributed by atoms with Crippen LogP contribution in [0.2, 0.25) is 0 Å². The summed E-state index contributed by atoms with van der Waals surface area (Å²) in [7, 11) is 0. The number of amides is 1. The lowest BCUT2D eigenvalue weighted by atomic mass is 9.97. The van der Waals surface area contributed by atoms with Crippen molar-refractivity contribution in [3.05, 3.63) is 30.1 Å². The van der Waals surface area contributed by atoms with Gasteiger partial charge in [-0.2, -0.15) is 0 Å². The first kappa shape index (κ1) is 12.2. The first-order chi connectivity index (χ1) is 9.15. The Morgan fingerprint density at radius 1 is 1.37 bits per heavy atom. The second kappa shape index (κ2) is 4.68. The Bertz CT molecular complexity index is 604. The molecule has 4 nitrogen and oxygen atoms in total. The third kappa shape index (κ3) is 2.23. The highest BCUT2D eigenvalue weighted by Crippen LogP contribution is 2.31. The molecule has 2 N–H and O–H groups in total. The lowest BCUT2D eigenvalue weighted by molar-refractivity contribution is 0.0927. The van der Waals surface area contributed by atoms with Crippen LogP contribution in [0.1, 0.15) is 37.0 Å². The summed E-state index contributed by atoms with van der Waals surface area (Å²) >= 11 is 0. The largest absolute Gasteiger partial charge is 0.349 e. The Morgan fingerprint density at radius 2 is 2.21 bits per heavy atom. The van der Waals surface area contributed by atoms with Gasteiger partial charge in [-0.3, -0.25) is 4.79 Å². The Hall–Kier alpha value is -1.84. The van der Waals surface area contributed by atoms with E-state index in [4.69, 9.17) is 0 Å².